The van der Waals surface area contributed by atoms with Gasteiger partial charge in [0.25, 0.3) is 5.91 Å². The van der Waals surface area contributed by atoms with E-state index in [1.807, 2.05) is 30.3 Å². The van der Waals surface area contributed by atoms with Crippen molar-refractivity contribution in [1.29, 1.82) is 0 Å². The molecule has 0 atom stereocenters. The number of hydrogen-bond donors (Lipinski definition) is 1. The van der Waals surface area contributed by atoms with E-state index in [2.05, 4.69) is 5.32 Å². The number of rotatable bonds is 7. The molecule has 0 aliphatic carbocycles. The Morgan fingerprint density at radius 1 is 0.821 bits per heavy atom. The Balaban J connectivity index is 1.56. The molecule has 5 heteroatoms. The molecule has 0 unspecified atom stereocenters. The molecule has 0 fully saturated rings. The van der Waals surface area contributed by atoms with E-state index in [9.17, 15) is 9.59 Å². The van der Waals surface area contributed by atoms with Crippen molar-refractivity contribution in [3.8, 4) is 5.75 Å². The van der Waals surface area contributed by atoms with Gasteiger partial charge >= 0.3 is 5.97 Å². The molecule has 0 saturated heterocycles. The minimum Gasteiger partial charge on any atom is -0.489 e. The highest BCUT2D eigenvalue weighted by atomic mass is 16.5. The first-order valence-electron chi connectivity index (χ1n) is 9.01. The zero-order valence-corrected chi connectivity index (χ0v) is 15.6. The molecule has 0 spiro atoms. The molecule has 3 aromatic carbocycles. The molecule has 1 N–H and O–H groups in total. The molecule has 0 aliphatic rings. The van der Waals surface area contributed by atoms with Crippen molar-refractivity contribution in [2.24, 2.45) is 0 Å². The Kier molecular flexibility index (Phi) is 6.41. The van der Waals surface area contributed by atoms with E-state index in [-0.39, 0.29) is 11.9 Å². The Morgan fingerprint density at radius 2 is 1.46 bits per heavy atom. The summed E-state index contributed by atoms with van der Waals surface area (Å²) in [4.78, 5) is 24.0. The second kappa shape index (κ2) is 9.37. The fourth-order valence-electron chi connectivity index (χ4n) is 2.55. The van der Waals surface area contributed by atoms with Gasteiger partial charge < -0.3 is 14.8 Å². The van der Waals surface area contributed by atoms with E-state index in [0.29, 0.717) is 35.8 Å². The van der Waals surface area contributed by atoms with Gasteiger partial charge in [-0.15, -0.1) is 0 Å². The monoisotopic (exact) mass is 375 g/mol. The molecule has 0 saturated carbocycles. The second-order valence-corrected chi connectivity index (χ2v) is 6.05. The number of anilines is 1. The van der Waals surface area contributed by atoms with Crippen LogP contribution in [0.1, 0.15) is 33.2 Å². The molecule has 0 aliphatic heterocycles. The van der Waals surface area contributed by atoms with Gasteiger partial charge in [0, 0.05) is 11.3 Å². The van der Waals surface area contributed by atoms with E-state index >= 15 is 0 Å². The zero-order valence-electron chi connectivity index (χ0n) is 15.6. The van der Waals surface area contributed by atoms with Crippen LogP contribution in [0.25, 0.3) is 0 Å². The fourth-order valence-corrected chi connectivity index (χ4v) is 2.55. The molecule has 0 radical (unpaired) electrons. The molecule has 0 aromatic heterocycles. The molecular weight excluding hydrogens is 354 g/mol. The second-order valence-electron chi connectivity index (χ2n) is 6.05. The van der Waals surface area contributed by atoms with Gasteiger partial charge in [0.05, 0.1) is 12.2 Å². The first-order valence-corrected chi connectivity index (χ1v) is 9.01. The van der Waals surface area contributed by atoms with Crippen LogP contribution < -0.4 is 10.1 Å². The molecule has 142 valence electrons. The summed E-state index contributed by atoms with van der Waals surface area (Å²) in [6, 6.07) is 23.4. The first kappa shape index (κ1) is 19.2. The maximum atomic E-state index is 12.4. The van der Waals surface area contributed by atoms with Crippen molar-refractivity contribution in [2.45, 2.75) is 13.5 Å². The van der Waals surface area contributed by atoms with Crippen molar-refractivity contribution < 1.29 is 19.1 Å². The number of hydrogen-bond acceptors (Lipinski definition) is 4. The van der Waals surface area contributed by atoms with Crippen LogP contribution in [-0.2, 0) is 11.3 Å². The van der Waals surface area contributed by atoms with E-state index in [0.717, 1.165) is 5.56 Å². The number of carbonyl (C=O) groups is 2. The molecular formula is C23H21NO4. The Hall–Kier alpha value is -3.60. The molecule has 28 heavy (non-hydrogen) atoms. The lowest BCUT2D eigenvalue weighted by Crippen LogP contribution is -2.12. The molecule has 0 heterocycles. The third kappa shape index (κ3) is 5.20. The largest absolute Gasteiger partial charge is 0.489 e. The van der Waals surface area contributed by atoms with Gasteiger partial charge in [0.15, 0.2) is 0 Å². The maximum Gasteiger partial charge on any atom is 0.338 e. The molecule has 3 rings (SSSR count). The summed E-state index contributed by atoms with van der Waals surface area (Å²) in [5.74, 6) is 0.0733. The van der Waals surface area contributed by atoms with Crippen LogP contribution >= 0.6 is 0 Å². The average Bonchev–Trinajstić information content (AvgIpc) is 2.74. The summed E-state index contributed by atoms with van der Waals surface area (Å²) < 4.78 is 10.7. The van der Waals surface area contributed by atoms with Crippen LogP contribution in [0.15, 0.2) is 78.9 Å². The smallest absolute Gasteiger partial charge is 0.338 e. The Labute approximate surface area is 163 Å². The van der Waals surface area contributed by atoms with Crippen LogP contribution in [0, 0.1) is 0 Å². The van der Waals surface area contributed by atoms with Crippen molar-refractivity contribution in [3.63, 3.8) is 0 Å². The van der Waals surface area contributed by atoms with E-state index in [1.165, 1.54) is 0 Å². The van der Waals surface area contributed by atoms with Gasteiger partial charge in [-0.25, -0.2) is 4.79 Å². The molecule has 5 nitrogen and oxygen atoms in total. The number of amides is 1. The summed E-state index contributed by atoms with van der Waals surface area (Å²) >= 11 is 0. The lowest BCUT2D eigenvalue weighted by atomic mass is 10.1. The summed E-state index contributed by atoms with van der Waals surface area (Å²) in [6.45, 7) is 2.55. The molecule has 0 bridgehead atoms. The lowest BCUT2D eigenvalue weighted by Gasteiger charge is -2.09. The third-order valence-electron chi connectivity index (χ3n) is 4.02. The Morgan fingerprint density at radius 3 is 2.11 bits per heavy atom. The predicted molar refractivity (Wildman–Crippen MR) is 108 cm³/mol. The van der Waals surface area contributed by atoms with Gasteiger partial charge in [-0.3, -0.25) is 4.79 Å². The standard InChI is InChI=1S/C23H21NO4/c1-2-27-23(26)19-8-12-20(13-9-19)24-22(25)18-10-14-21(15-11-18)28-16-17-6-4-3-5-7-17/h3-15H,2,16H2,1H3,(H,24,25). The van der Waals surface area contributed by atoms with Crippen LogP contribution in [-0.4, -0.2) is 18.5 Å². The highest BCUT2D eigenvalue weighted by Gasteiger charge is 2.09. The summed E-state index contributed by atoms with van der Waals surface area (Å²) in [5.41, 5.74) is 2.64. The number of ether oxygens (including phenoxy) is 2. The summed E-state index contributed by atoms with van der Waals surface area (Å²) in [7, 11) is 0. The SMILES string of the molecule is CCOC(=O)c1ccc(NC(=O)c2ccc(OCc3ccccc3)cc2)cc1. The van der Waals surface area contributed by atoms with Crippen LogP contribution in [0.3, 0.4) is 0 Å². The van der Waals surface area contributed by atoms with Crippen molar-refractivity contribution in [3.05, 3.63) is 95.6 Å². The maximum absolute atomic E-state index is 12.4. The zero-order chi connectivity index (χ0) is 19.8. The minimum atomic E-state index is -0.383. The number of nitrogens with one attached hydrogen (secondary N) is 1. The van der Waals surface area contributed by atoms with Gasteiger partial charge in [-0.2, -0.15) is 0 Å². The normalized spacial score (nSPS) is 10.2. The van der Waals surface area contributed by atoms with Crippen molar-refractivity contribution in [1.82, 2.24) is 0 Å². The van der Waals surface area contributed by atoms with Crippen LogP contribution in [0.5, 0.6) is 5.75 Å². The number of benzene rings is 3. The van der Waals surface area contributed by atoms with E-state index < -0.39 is 0 Å². The van der Waals surface area contributed by atoms with E-state index in [4.69, 9.17) is 9.47 Å². The van der Waals surface area contributed by atoms with Crippen LogP contribution in [0.4, 0.5) is 5.69 Å². The van der Waals surface area contributed by atoms with E-state index in [1.54, 1.807) is 55.5 Å². The number of esters is 1. The lowest BCUT2D eigenvalue weighted by molar-refractivity contribution is 0.0526. The van der Waals surface area contributed by atoms with Crippen molar-refractivity contribution >= 4 is 17.6 Å². The third-order valence-corrected chi connectivity index (χ3v) is 4.02. The molecule has 3 aromatic rings. The van der Waals surface area contributed by atoms with Gasteiger partial charge in [0.2, 0.25) is 0 Å². The van der Waals surface area contributed by atoms with Gasteiger partial charge in [0.1, 0.15) is 12.4 Å². The topological polar surface area (TPSA) is 64.6 Å². The van der Waals surface area contributed by atoms with Crippen LogP contribution in [0.2, 0.25) is 0 Å². The number of carbonyl (C=O) groups excluding carboxylic acids is 2. The fraction of sp³-hybridized carbons (Fsp3) is 0.130. The minimum absolute atomic E-state index is 0.238. The first-order chi connectivity index (χ1) is 13.7. The Bertz CT molecular complexity index is 919. The average molecular weight is 375 g/mol. The quantitative estimate of drug-likeness (QED) is 0.608. The highest BCUT2D eigenvalue weighted by Crippen LogP contribution is 2.16. The van der Waals surface area contributed by atoms with Gasteiger partial charge in [-0.05, 0) is 61.0 Å². The highest BCUT2D eigenvalue weighted by molar-refractivity contribution is 6.04. The summed E-state index contributed by atoms with van der Waals surface area (Å²) in [6.07, 6.45) is 0. The van der Waals surface area contributed by atoms with Crippen molar-refractivity contribution in [2.75, 3.05) is 11.9 Å². The van der Waals surface area contributed by atoms with Gasteiger partial charge in [-0.1, -0.05) is 30.3 Å². The summed E-state index contributed by atoms with van der Waals surface area (Å²) in [5, 5.41) is 2.80. The predicted octanol–water partition coefficient (Wildman–Crippen LogP) is 4.69. The molecule has 1 amide bonds.